The van der Waals surface area contributed by atoms with E-state index in [1.165, 1.54) is 18.2 Å². The van der Waals surface area contributed by atoms with Crippen LogP contribution in [0.15, 0.2) is 18.2 Å². The Kier molecular flexibility index (Phi) is 5.31. The summed E-state index contributed by atoms with van der Waals surface area (Å²) in [5.74, 6) is 0.0927. The summed E-state index contributed by atoms with van der Waals surface area (Å²) in [6.45, 7) is 2.63. The second kappa shape index (κ2) is 7.21. The third-order valence-corrected chi connectivity index (χ3v) is 3.15. The van der Waals surface area contributed by atoms with Crippen LogP contribution in [0.2, 0.25) is 0 Å². The minimum absolute atomic E-state index is 0.0524. The molecule has 0 bridgehead atoms. The molecule has 0 aromatic heterocycles. The Morgan fingerprint density at radius 2 is 2.15 bits per heavy atom. The van der Waals surface area contributed by atoms with Crippen LogP contribution >= 0.6 is 0 Å². The monoisotopic (exact) mass is 282 g/mol. The number of ether oxygens (including phenoxy) is 2. The van der Waals surface area contributed by atoms with E-state index in [9.17, 15) is 9.18 Å². The molecule has 1 fully saturated rings. The van der Waals surface area contributed by atoms with E-state index in [1.54, 1.807) is 4.90 Å². The van der Waals surface area contributed by atoms with Gasteiger partial charge in [-0.1, -0.05) is 0 Å². The molecule has 5 nitrogen and oxygen atoms in total. The molecular formula is C14H19FN2O3. The normalized spacial score (nSPS) is 15.2. The van der Waals surface area contributed by atoms with Crippen molar-refractivity contribution < 1.29 is 18.7 Å². The first-order valence-electron chi connectivity index (χ1n) is 6.67. The van der Waals surface area contributed by atoms with E-state index in [2.05, 4.69) is 0 Å². The number of hydrogen-bond donors (Lipinski definition) is 1. The first-order chi connectivity index (χ1) is 9.70. The Morgan fingerprint density at radius 3 is 2.85 bits per heavy atom. The van der Waals surface area contributed by atoms with Gasteiger partial charge in [0.25, 0.3) is 5.91 Å². The van der Waals surface area contributed by atoms with E-state index in [1.807, 2.05) is 0 Å². The van der Waals surface area contributed by atoms with Gasteiger partial charge in [0, 0.05) is 13.1 Å². The van der Waals surface area contributed by atoms with Crippen LogP contribution in [0.3, 0.4) is 0 Å². The van der Waals surface area contributed by atoms with Gasteiger partial charge in [0.15, 0.2) is 6.61 Å². The molecule has 2 N–H and O–H groups in total. The molecule has 1 aliphatic rings. The van der Waals surface area contributed by atoms with E-state index >= 15 is 0 Å². The summed E-state index contributed by atoms with van der Waals surface area (Å²) in [7, 11) is 0. The second-order valence-corrected chi connectivity index (χ2v) is 4.57. The number of benzene rings is 1. The largest absolute Gasteiger partial charge is 0.483 e. The molecular weight excluding hydrogens is 263 g/mol. The zero-order valence-corrected chi connectivity index (χ0v) is 11.3. The molecule has 0 atom stereocenters. The van der Waals surface area contributed by atoms with Gasteiger partial charge in [0.1, 0.15) is 11.6 Å². The smallest absolute Gasteiger partial charge is 0.260 e. The van der Waals surface area contributed by atoms with Crippen LogP contribution in [0.4, 0.5) is 4.39 Å². The molecule has 1 aromatic carbocycles. The zero-order chi connectivity index (χ0) is 14.4. The summed E-state index contributed by atoms with van der Waals surface area (Å²) in [6.07, 6.45) is 0.513. The molecule has 6 heteroatoms. The van der Waals surface area contributed by atoms with Crippen molar-refractivity contribution in [2.24, 2.45) is 5.73 Å². The van der Waals surface area contributed by atoms with E-state index in [4.69, 9.17) is 15.2 Å². The first-order valence-corrected chi connectivity index (χ1v) is 6.67. The number of rotatable bonds is 5. The molecule has 1 aromatic rings. The van der Waals surface area contributed by atoms with Crippen molar-refractivity contribution in [3.63, 3.8) is 0 Å². The van der Waals surface area contributed by atoms with Crippen LogP contribution in [-0.4, -0.2) is 50.3 Å². The van der Waals surface area contributed by atoms with Gasteiger partial charge in [-0.3, -0.25) is 4.79 Å². The molecule has 0 spiro atoms. The number of carbonyl (C=O) groups is 1. The quantitative estimate of drug-likeness (QED) is 0.857. The Morgan fingerprint density at radius 1 is 1.40 bits per heavy atom. The summed E-state index contributed by atoms with van der Waals surface area (Å²) in [5, 5.41) is 0. The summed E-state index contributed by atoms with van der Waals surface area (Å²) in [4.78, 5) is 13.7. The maximum absolute atomic E-state index is 13.2. The second-order valence-electron chi connectivity index (χ2n) is 4.57. The molecule has 2 rings (SSSR count). The number of nitrogens with two attached hydrogens (primary N) is 1. The lowest BCUT2D eigenvalue weighted by Crippen LogP contribution is -2.43. The summed E-state index contributed by atoms with van der Waals surface area (Å²) in [5.41, 5.74) is 6.17. The molecule has 0 saturated carbocycles. The lowest BCUT2D eigenvalue weighted by molar-refractivity contribution is -0.137. The number of nitrogens with zero attached hydrogens (tertiary/aromatic N) is 1. The zero-order valence-electron chi connectivity index (χ0n) is 11.3. The molecule has 1 aliphatic heterocycles. The Bertz CT molecular complexity index is 462. The highest BCUT2D eigenvalue weighted by molar-refractivity contribution is 5.77. The van der Waals surface area contributed by atoms with Gasteiger partial charge in [0.05, 0.1) is 13.2 Å². The molecule has 110 valence electrons. The van der Waals surface area contributed by atoms with Crippen LogP contribution in [0.25, 0.3) is 0 Å². The lowest BCUT2D eigenvalue weighted by atomic mass is 10.1. The summed E-state index contributed by atoms with van der Waals surface area (Å²) in [6, 6.07) is 4.24. The molecule has 0 radical (unpaired) electrons. The number of carbonyl (C=O) groups excluding carboxylic acids is 1. The molecule has 0 unspecified atom stereocenters. The maximum atomic E-state index is 13.2. The SMILES string of the molecule is NCCc1cc(F)ccc1OCC(=O)N1CCOCC1. The number of halogens is 1. The minimum atomic E-state index is -0.333. The number of morpholine rings is 1. The third-order valence-electron chi connectivity index (χ3n) is 3.15. The van der Waals surface area contributed by atoms with Gasteiger partial charge < -0.3 is 20.1 Å². The van der Waals surface area contributed by atoms with Crippen LogP contribution < -0.4 is 10.5 Å². The van der Waals surface area contributed by atoms with Crippen molar-refractivity contribution in [3.05, 3.63) is 29.6 Å². The lowest BCUT2D eigenvalue weighted by Gasteiger charge is -2.26. The van der Waals surface area contributed by atoms with Crippen molar-refractivity contribution in [2.45, 2.75) is 6.42 Å². The molecule has 1 saturated heterocycles. The predicted octanol–water partition coefficient (Wildman–Crippen LogP) is 0.564. The van der Waals surface area contributed by atoms with Crippen molar-refractivity contribution in [1.82, 2.24) is 4.90 Å². The van der Waals surface area contributed by atoms with Gasteiger partial charge in [-0.2, -0.15) is 0 Å². The van der Waals surface area contributed by atoms with Gasteiger partial charge in [0.2, 0.25) is 0 Å². The fraction of sp³-hybridized carbons (Fsp3) is 0.500. The standard InChI is InChI=1S/C14H19FN2O3/c15-12-1-2-13(11(9-12)3-4-16)20-10-14(18)17-5-7-19-8-6-17/h1-2,9H,3-8,10,16H2. The van der Waals surface area contributed by atoms with Crippen molar-refractivity contribution >= 4 is 5.91 Å². The van der Waals surface area contributed by atoms with Gasteiger partial charge >= 0.3 is 0 Å². The highest BCUT2D eigenvalue weighted by Gasteiger charge is 2.17. The van der Waals surface area contributed by atoms with Crippen LogP contribution in [0.1, 0.15) is 5.56 Å². The first kappa shape index (κ1) is 14.7. The van der Waals surface area contributed by atoms with Gasteiger partial charge in [-0.15, -0.1) is 0 Å². The van der Waals surface area contributed by atoms with E-state index in [-0.39, 0.29) is 18.3 Å². The molecule has 20 heavy (non-hydrogen) atoms. The van der Waals surface area contributed by atoms with Crippen molar-refractivity contribution in [1.29, 1.82) is 0 Å². The average Bonchev–Trinajstić information content (AvgIpc) is 2.47. The van der Waals surface area contributed by atoms with Crippen LogP contribution in [-0.2, 0) is 16.0 Å². The maximum Gasteiger partial charge on any atom is 0.260 e. The van der Waals surface area contributed by atoms with E-state index in [0.717, 1.165) is 0 Å². The highest BCUT2D eigenvalue weighted by atomic mass is 19.1. The van der Waals surface area contributed by atoms with E-state index < -0.39 is 0 Å². The molecule has 0 aliphatic carbocycles. The van der Waals surface area contributed by atoms with Crippen molar-refractivity contribution in [3.8, 4) is 5.75 Å². The van der Waals surface area contributed by atoms with Crippen LogP contribution in [0.5, 0.6) is 5.75 Å². The van der Waals surface area contributed by atoms with Gasteiger partial charge in [-0.25, -0.2) is 4.39 Å². The third kappa shape index (κ3) is 3.91. The van der Waals surface area contributed by atoms with E-state index in [0.29, 0.717) is 50.6 Å². The molecule has 1 heterocycles. The number of amides is 1. The Hall–Kier alpha value is -1.66. The topological polar surface area (TPSA) is 64.8 Å². The predicted molar refractivity (Wildman–Crippen MR) is 72.1 cm³/mol. The highest BCUT2D eigenvalue weighted by Crippen LogP contribution is 2.20. The minimum Gasteiger partial charge on any atom is -0.483 e. The Balaban J connectivity index is 1.94. The fourth-order valence-electron chi connectivity index (χ4n) is 2.08. The Labute approximate surface area is 117 Å². The number of hydrogen-bond acceptors (Lipinski definition) is 4. The van der Waals surface area contributed by atoms with Gasteiger partial charge in [-0.05, 0) is 36.7 Å². The summed E-state index contributed by atoms with van der Waals surface area (Å²) < 4.78 is 23.9. The average molecular weight is 282 g/mol. The van der Waals surface area contributed by atoms with Crippen molar-refractivity contribution in [2.75, 3.05) is 39.5 Å². The summed E-state index contributed by atoms with van der Waals surface area (Å²) >= 11 is 0. The van der Waals surface area contributed by atoms with Crippen LogP contribution in [0, 0.1) is 5.82 Å². The molecule has 1 amide bonds. The fourth-order valence-corrected chi connectivity index (χ4v) is 2.08.